The van der Waals surface area contributed by atoms with Crippen molar-refractivity contribution in [2.45, 2.75) is 52.6 Å². The highest BCUT2D eigenvalue weighted by Gasteiger charge is 2.35. The van der Waals surface area contributed by atoms with Crippen LogP contribution in [0, 0.1) is 23.7 Å². The van der Waals surface area contributed by atoms with Gasteiger partial charge in [-0.25, -0.2) is 0 Å². The van der Waals surface area contributed by atoms with Gasteiger partial charge in [0.05, 0.1) is 11.6 Å². The van der Waals surface area contributed by atoms with Gasteiger partial charge < -0.3 is 9.73 Å². The first-order valence-corrected chi connectivity index (χ1v) is 8.23. The number of benzene rings is 1. The highest BCUT2D eigenvalue weighted by molar-refractivity contribution is 5.34. The van der Waals surface area contributed by atoms with Crippen LogP contribution in [0.25, 0.3) is 0 Å². The van der Waals surface area contributed by atoms with Gasteiger partial charge in [0.25, 0.3) is 0 Å². The predicted octanol–water partition coefficient (Wildman–Crippen LogP) is 4.82. The van der Waals surface area contributed by atoms with E-state index in [1.54, 1.807) is 0 Å². The first kappa shape index (κ1) is 15.8. The standard InChI is InChI=1S/C20H24N2O/c1-13-9-17-18(10-20(3,4)11-19(17)23-13)22-14(2)16-7-5-15(12-21)6-8-16/h5-9,14,18,22H,10-11H2,1-4H3. The Labute approximate surface area is 138 Å². The van der Waals surface area contributed by atoms with Crippen LogP contribution in [0.1, 0.15) is 67.5 Å². The molecule has 0 amide bonds. The van der Waals surface area contributed by atoms with Crippen molar-refractivity contribution in [1.82, 2.24) is 5.32 Å². The Hall–Kier alpha value is -2.05. The average molecular weight is 308 g/mol. The number of hydrogen-bond acceptors (Lipinski definition) is 3. The number of fused-ring (bicyclic) bond motifs is 1. The fourth-order valence-electron chi connectivity index (χ4n) is 3.58. The zero-order valence-corrected chi connectivity index (χ0v) is 14.3. The second-order valence-electron chi connectivity index (χ2n) is 7.46. The topological polar surface area (TPSA) is 49.0 Å². The van der Waals surface area contributed by atoms with Gasteiger partial charge in [0.1, 0.15) is 11.5 Å². The molecule has 2 atom stereocenters. The molecule has 3 heteroatoms. The summed E-state index contributed by atoms with van der Waals surface area (Å²) in [5, 5.41) is 12.7. The molecule has 2 unspecified atom stereocenters. The van der Waals surface area contributed by atoms with Crippen LogP contribution in [0.2, 0.25) is 0 Å². The third kappa shape index (κ3) is 3.33. The Morgan fingerprint density at radius 3 is 2.65 bits per heavy atom. The minimum atomic E-state index is 0.227. The lowest BCUT2D eigenvalue weighted by atomic mass is 9.74. The average Bonchev–Trinajstić information content (AvgIpc) is 2.86. The Balaban J connectivity index is 1.82. The fraction of sp³-hybridized carbons (Fsp3) is 0.450. The molecule has 3 nitrogen and oxygen atoms in total. The summed E-state index contributed by atoms with van der Waals surface area (Å²) >= 11 is 0. The zero-order valence-electron chi connectivity index (χ0n) is 14.3. The number of nitrogens with zero attached hydrogens (tertiary/aromatic N) is 1. The van der Waals surface area contributed by atoms with Gasteiger partial charge in [-0.1, -0.05) is 26.0 Å². The van der Waals surface area contributed by atoms with E-state index in [1.165, 1.54) is 11.1 Å². The van der Waals surface area contributed by atoms with Crippen LogP contribution < -0.4 is 5.32 Å². The quantitative estimate of drug-likeness (QED) is 0.884. The molecular formula is C20H24N2O. The minimum absolute atomic E-state index is 0.227. The Morgan fingerprint density at radius 2 is 2.00 bits per heavy atom. The molecule has 1 aromatic heterocycles. The van der Waals surface area contributed by atoms with Gasteiger partial charge in [-0.15, -0.1) is 0 Å². The van der Waals surface area contributed by atoms with Crippen molar-refractivity contribution in [3.63, 3.8) is 0 Å². The van der Waals surface area contributed by atoms with Gasteiger partial charge in [-0.05, 0) is 49.4 Å². The maximum absolute atomic E-state index is 8.92. The van der Waals surface area contributed by atoms with Crippen molar-refractivity contribution in [2.75, 3.05) is 0 Å². The van der Waals surface area contributed by atoms with Crippen molar-refractivity contribution in [3.8, 4) is 6.07 Å². The molecule has 0 saturated heterocycles. The Morgan fingerprint density at radius 1 is 1.30 bits per heavy atom. The lowest BCUT2D eigenvalue weighted by Crippen LogP contribution is -2.34. The Kier molecular flexibility index (Phi) is 4.04. The van der Waals surface area contributed by atoms with E-state index in [-0.39, 0.29) is 11.5 Å². The normalized spacial score (nSPS) is 20.6. The van der Waals surface area contributed by atoms with E-state index in [0.717, 1.165) is 24.4 Å². The fourth-order valence-corrected chi connectivity index (χ4v) is 3.58. The summed E-state index contributed by atoms with van der Waals surface area (Å²) in [5.74, 6) is 2.12. The molecule has 120 valence electrons. The lowest BCUT2D eigenvalue weighted by Gasteiger charge is -2.36. The van der Waals surface area contributed by atoms with Gasteiger partial charge in [-0.2, -0.15) is 5.26 Å². The molecule has 23 heavy (non-hydrogen) atoms. The SMILES string of the molecule is Cc1cc2c(o1)CC(C)(C)CC2NC(C)c1ccc(C#N)cc1. The number of nitriles is 1. The van der Waals surface area contributed by atoms with Crippen molar-refractivity contribution < 1.29 is 4.42 Å². The van der Waals surface area contributed by atoms with Crippen molar-refractivity contribution >= 4 is 0 Å². The van der Waals surface area contributed by atoms with Crippen LogP contribution in [0.15, 0.2) is 34.7 Å². The summed E-state index contributed by atoms with van der Waals surface area (Å²) < 4.78 is 5.91. The number of hydrogen-bond donors (Lipinski definition) is 1. The molecular weight excluding hydrogens is 284 g/mol. The monoisotopic (exact) mass is 308 g/mol. The zero-order chi connectivity index (χ0) is 16.6. The largest absolute Gasteiger partial charge is 0.466 e. The molecule has 0 bridgehead atoms. The third-order valence-corrected chi connectivity index (χ3v) is 4.73. The molecule has 0 spiro atoms. The van der Waals surface area contributed by atoms with Crippen LogP contribution in [-0.4, -0.2) is 0 Å². The van der Waals surface area contributed by atoms with Crippen LogP contribution in [0.5, 0.6) is 0 Å². The maximum Gasteiger partial charge on any atom is 0.109 e. The number of furan rings is 1. The second-order valence-corrected chi connectivity index (χ2v) is 7.46. The molecule has 0 aliphatic heterocycles. The smallest absolute Gasteiger partial charge is 0.109 e. The van der Waals surface area contributed by atoms with Crippen molar-refractivity contribution in [3.05, 3.63) is 58.5 Å². The summed E-state index contributed by atoms with van der Waals surface area (Å²) in [6.07, 6.45) is 2.10. The minimum Gasteiger partial charge on any atom is -0.466 e. The third-order valence-electron chi connectivity index (χ3n) is 4.73. The number of nitrogens with one attached hydrogen (secondary N) is 1. The molecule has 3 rings (SSSR count). The molecule has 2 aromatic rings. The highest BCUT2D eigenvalue weighted by Crippen LogP contribution is 2.42. The molecule has 1 aromatic carbocycles. The highest BCUT2D eigenvalue weighted by atomic mass is 16.3. The second kappa shape index (κ2) is 5.86. The van der Waals surface area contributed by atoms with E-state index in [2.05, 4.69) is 38.2 Å². The molecule has 0 saturated carbocycles. The summed E-state index contributed by atoms with van der Waals surface area (Å²) in [6.45, 7) is 8.80. The number of aryl methyl sites for hydroxylation is 1. The van der Waals surface area contributed by atoms with Gasteiger partial charge in [-0.3, -0.25) is 0 Å². The summed E-state index contributed by atoms with van der Waals surface area (Å²) in [7, 11) is 0. The summed E-state index contributed by atoms with van der Waals surface area (Å²) in [6, 6.07) is 12.7. The van der Waals surface area contributed by atoms with Gasteiger partial charge >= 0.3 is 0 Å². The van der Waals surface area contributed by atoms with E-state index in [9.17, 15) is 0 Å². The maximum atomic E-state index is 8.92. The first-order chi connectivity index (χ1) is 10.9. The number of rotatable bonds is 3. The van der Waals surface area contributed by atoms with Crippen molar-refractivity contribution in [1.29, 1.82) is 5.26 Å². The van der Waals surface area contributed by atoms with Crippen LogP contribution >= 0.6 is 0 Å². The molecule has 0 radical (unpaired) electrons. The van der Waals surface area contributed by atoms with Gasteiger partial charge in [0.2, 0.25) is 0 Å². The van der Waals surface area contributed by atoms with Crippen molar-refractivity contribution in [2.24, 2.45) is 5.41 Å². The van der Waals surface area contributed by atoms with Crippen LogP contribution in [0.3, 0.4) is 0 Å². The van der Waals surface area contributed by atoms with E-state index in [4.69, 9.17) is 9.68 Å². The lowest BCUT2D eigenvalue weighted by molar-refractivity contribution is 0.226. The van der Waals surface area contributed by atoms with E-state index < -0.39 is 0 Å². The summed E-state index contributed by atoms with van der Waals surface area (Å²) in [5.41, 5.74) is 3.45. The summed E-state index contributed by atoms with van der Waals surface area (Å²) in [4.78, 5) is 0. The molecule has 1 N–H and O–H groups in total. The molecule has 1 aliphatic carbocycles. The van der Waals surface area contributed by atoms with Gasteiger partial charge in [0, 0.05) is 24.1 Å². The van der Waals surface area contributed by atoms with E-state index >= 15 is 0 Å². The molecule has 0 fully saturated rings. The van der Waals surface area contributed by atoms with E-state index in [0.29, 0.717) is 11.6 Å². The first-order valence-electron chi connectivity index (χ1n) is 8.23. The molecule has 1 heterocycles. The Bertz CT molecular complexity index is 734. The van der Waals surface area contributed by atoms with Gasteiger partial charge in [0.15, 0.2) is 0 Å². The predicted molar refractivity (Wildman–Crippen MR) is 91.0 cm³/mol. The van der Waals surface area contributed by atoms with Crippen LogP contribution in [-0.2, 0) is 6.42 Å². The van der Waals surface area contributed by atoms with E-state index in [1.807, 2.05) is 31.2 Å². The van der Waals surface area contributed by atoms with Crippen LogP contribution in [0.4, 0.5) is 0 Å². The molecule has 1 aliphatic rings.